The number of anilines is 1. The Morgan fingerprint density at radius 3 is 2.35 bits per heavy atom. The van der Waals surface area contributed by atoms with Crippen LogP contribution in [0.1, 0.15) is 18.9 Å². The molecule has 1 aliphatic rings. The van der Waals surface area contributed by atoms with E-state index in [-0.39, 0.29) is 26.1 Å². The van der Waals surface area contributed by atoms with E-state index >= 15 is 0 Å². The highest BCUT2D eigenvalue weighted by Gasteiger charge is 2.24. The number of nitrogens with one attached hydrogen (secondary N) is 4. The van der Waals surface area contributed by atoms with Crippen molar-refractivity contribution in [3.63, 3.8) is 0 Å². The molecule has 0 fully saturated rings. The third kappa shape index (κ3) is 7.38. The number of amides is 5. The fourth-order valence-corrected chi connectivity index (χ4v) is 2.59. The number of benzene rings is 1. The lowest BCUT2D eigenvalue weighted by Gasteiger charge is -2.16. The highest BCUT2D eigenvalue weighted by atomic mass is 16.5. The summed E-state index contributed by atoms with van der Waals surface area (Å²) in [5, 5.41) is 14.3. The fraction of sp³-hybridized carbons (Fsp3) is 0.300. The topological polar surface area (TPSA) is 158 Å². The molecule has 1 atom stereocenters. The minimum absolute atomic E-state index is 0.0838. The van der Waals surface area contributed by atoms with E-state index in [0.717, 1.165) is 29.0 Å². The summed E-state index contributed by atoms with van der Waals surface area (Å²) < 4.78 is 4.85. The normalized spacial score (nSPS) is 13.5. The van der Waals surface area contributed by atoms with Gasteiger partial charge in [0.1, 0.15) is 12.6 Å². The minimum Gasteiger partial charge on any atom is -0.479 e. The quantitative estimate of drug-likeness (QED) is 0.215. The number of hydrogen-bond acceptors (Lipinski definition) is 7. The molecule has 11 heteroatoms. The molecule has 0 saturated heterocycles. The largest absolute Gasteiger partial charge is 0.479 e. The van der Waals surface area contributed by atoms with Gasteiger partial charge >= 0.3 is 0 Å². The van der Waals surface area contributed by atoms with Crippen LogP contribution < -0.4 is 16.0 Å². The first-order valence-corrected chi connectivity index (χ1v) is 9.40. The molecule has 0 bridgehead atoms. The van der Waals surface area contributed by atoms with Crippen molar-refractivity contribution in [1.29, 1.82) is 5.41 Å². The number of hydrogen-bond donors (Lipinski definition) is 4. The van der Waals surface area contributed by atoms with Gasteiger partial charge in [0.15, 0.2) is 6.40 Å². The Morgan fingerprint density at radius 1 is 1.10 bits per heavy atom. The van der Waals surface area contributed by atoms with Gasteiger partial charge in [0.05, 0.1) is 6.54 Å². The molecule has 1 aromatic carbocycles. The Kier molecular flexibility index (Phi) is 8.43. The zero-order valence-corrected chi connectivity index (χ0v) is 16.8. The van der Waals surface area contributed by atoms with Crippen LogP contribution in [0.5, 0.6) is 0 Å². The number of imide groups is 1. The van der Waals surface area contributed by atoms with Gasteiger partial charge in [-0.25, -0.2) is 0 Å². The smallest absolute Gasteiger partial charge is 0.253 e. The molecule has 0 aromatic heterocycles. The van der Waals surface area contributed by atoms with Gasteiger partial charge in [0, 0.05) is 30.8 Å². The molecule has 2 rings (SSSR count). The van der Waals surface area contributed by atoms with Crippen molar-refractivity contribution >= 4 is 41.6 Å². The number of rotatable bonds is 11. The Hall–Kier alpha value is -4.02. The van der Waals surface area contributed by atoms with Crippen LogP contribution in [0.4, 0.5) is 5.69 Å². The molecule has 0 aliphatic carbocycles. The van der Waals surface area contributed by atoms with Crippen molar-refractivity contribution in [3.8, 4) is 0 Å². The zero-order valence-electron chi connectivity index (χ0n) is 16.8. The van der Waals surface area contributed by atoms with Crippen LogP contribution in [-0.2, 0) is 35.3 Å². The van der Waals surface area contributed by atoms with E-state index in [1.165, 1.54) is 6.92 Å². The maximum Gasteiger partial charge on any atom is 0.253 e. The maximum absolute atomic E-state index is 12.1. The molecule has 1 aliphatic heterocycles. The van der Waals surface area contributed by atoms with Crippen LogP contribution in [0.3, 0.4) is 0 Å². The molecule has 4 N–H and O–H groups in total. The second-order valence-electron chi connectivity index (χ2n) is 6.59. The highest BCUT2D eigenvalue weighted by Crippen LogP contribution is 2.10. The first-order valence-electron chi connectivity index (χ1n) is 9.40. The standard InChI is InChI=1S/C20H23N5O6/c1-13(23-16(26)8-9-25-18(28)6-7-19(25)29)20(30)22-10-17(27)24-15-4-2-14(3-5-15)11-31-12-21/h2-7,12-13,21H,8-11H2,1H3,(H,22,30)(H,23,26)(H,24,27). The van der Waals surface area contributed by atoms with E-state index in [9.17, 15) is 24.0 Å². The molecule has 0 spiro atoms. The van der Waals surface area contributed by atoms with Gasteiger partial charge in [-0.3, -0.25) is 34.3 Å². The molecule has 1 heterocycles. The van der Waals surface area contributed by atoms with E-state index in [0.29, 0.717) is 5.69 Å². The van der Waals surface area contributed by atoms with Crippen LogP contribution in [0.2, 0.25) is 0 Å². The third-order valence-corrected chi connectivity index (χ3v) is 4.23. The van der Waals surface area contributed by atoms with Crippen LogP contribution in [0.25, 0.3) is 0 Å². The molecule has 0 radical (unpaired) electrons. The van der Waals surface area contributed by atoms with Crippen LogP contribution >= 0.6 is 0 Å². The van der Waals surface area contributed by atoms with Gasteiger partial charge in [-0.1, -0.05) is 12.1 Å². The predicted octanol–water partition coefficient (Wildman–Crippen LogP) is -0.315. The van der Waals surface area contributed by atoms with E-state index in [1.54, 1.807) is 24.3 Å². The fourth-order valence-electron chi connectivity index (χ4n) is 2.59. The predicted molar refractivity (Wildman–Crippen MR) is 110 cm³/mol. The Labute approximate surface area is 178 Å². The number of carbonyl (C=O) groups is 5. The lowest BCUT2D eigenvalue weighted by Crippen LogP contribution is -2.47. The molecule has 0 saturated carbocycles. The molecular weight excluding hydrogens is 406 g/mol. The second-order valence-corrected chi connectivity index (χ2v) is 6.59. The van der Waals surface area contributed by atoms with Gasteiger partial charge in [0.25, 0.3) is 11.8 Å². The van der Waals surface area contributed by atoms with E-state index < -0.39 is 35.6 Å². The monoisotopic (exact) mass is 429 g/mol. The summed E-state index contributed by atoms with van der Waals surface area (Å²) in [5.41, 5.74) is 1.36. The van der Waals surface area contributed by atoms with Crippen LogP contribution in [0, 0.1) is 5.41 Å². The summed E-state index contributed by atoms with van der Waals surface area (Å²) in [4.78, 5) is 59.8. The van der Waals surface area contributed by atoms with Crippen molar-refractivity contribution < 1.29 is 28.7 Å². The van der Waals surface area contributed by atoms with Crippen molar-refractivity contribution in [2.45, 2.75) is 26.0 Å². The van der Waals surface area contributed by atoms with Crippen LogP contribution in [-0.4, -0.2) is 60.0 Å². The molecular formula is C20H23N5O6. The summed E-state index contributed by atoms with van der Waals surface area (Å²) >= 11 is 0. The van der Waals surface area contributed by atoms with Crippen LogP contribution in [0.15, 0.2) is 36.4 Å². The van der Waals surface area contributed by atoms with Crippen molar-refractivity contribution in [1.82, 2.24) is 15.5 Å². The zero-order chi connectivity index (χ0) is 22.8. The Morgan fingerprint density at radius 2 is 1.74 bits per heavy atom. The van der Waals surface area contributed by atoms with Gasteiger partial charge in [0.2, 0.25) is 17.7 Å². The molecule has 11 nitrogen and oxygen atoms in total. The van der Waals surface area contributed by atoms with E-state index in [1.807, 2.05) is 0 Å². The van der Waals surface area contributed by atoms with Crippen molar-refractivity contribution in [2.75, 3.05) is 18.4 Å². The summed E-state index contributed by atoms with van der Waals surface area (Å²) in [6.45, 7) is 1.33. The SMILES string of the molecule is CC(NC(=O)CCN1C(=O)C=CC1=O)C(=O)NCC(=O)Nc1ccc(COC=N)cc1. The third-order valence-electron chi connectivity index (χ3n) is 4.23. The molecule has 31 heavy (non-hydrogen) atoms. The van der Waals surface area contributed by atoms with Crippen molar-refractivity contribution in [2.24, 2.45) is 0 Å². The summed E-state index contributed by atoms with van der Waals surface area (Å²) in [6, 6.07) is 5.88. The summed E-state index contributed by atoms with van der Waals surface area (Å²) in [5.74, 6) is -2.48. The maximum atomic E-state index is 12.1. The van der Waals surface area contributed by atoms with Gasteiger partial charge < -0.3 is 20.7 Å². The highest BCUT2D eigenvalue weighted by molar-refractivity contribution is 6.13. The molecule has 1 aromatic rings. The molecule has 164 valence electrons. The Balaban J connectivity index is 1.68. The first-order chi connectivity index (χ1) is 14.8. The van der Waals surface area contributed by atoms with Gasteiger partial charge in [-0.2, -0.15) is 0 Å². The minimum atomic E-state index is -0.906. The van der Waals surface area contributed by atoms with Gasteiger partial charge in [-0.15, -0.1) is 0 Å². The molecule has 5 amide bonds. The number of carbonyl (C=O) groups excluding carboxylic acids is 5. The first kappa shape index (κ1) is 23.3. The average Bonchev–Trinajstić information content (AvgIpc) is 3.07. The summed E-state index contributed by atoms with van der Waals surface area (Å²) in [7, 11) is 0. The lowest BCUT2D eigenvalue weighted by molar-refractivity contribution is -0.137. The number of ether oxygens (including phenoxy) is 1. The molecule has 1 unspecified atom stereocenters. The summed E-state index contributed by atoms with van der Waals surface area (Å²) in [6.07, 6.45) is 2.96. The van der Waals surface area contributed by atoms with E-state index in [2.05, 4.69) is 16.0 Å². The van der Waals surface area contributed by atoms with Gasteiger partial charge in [-0.05, 0) is 24.6 Å². The van der Waals surface area contributed by atoms with E-state index in [4.69, 9.17) is 10.1 Å². The average molecular weight is 429 g/mol. The Bertz CT molecular complexity index is 878. The number of nitrogens with zero attached hydrogens (tertiary/aromatic N) is 1. The van der Waals surface area contributed by atoms with Crippen molar-refractivity contribution in [3.05, 3.63) is 42.0 Å². The lowest BCUT2D eigenvalue weighted by atomic mass is 10.2. The second kappa shape index (κ2) is 11.2.